The molecule has 2 aromatic carbocycles. The minimum absolute atomic E-state index is 0.265. The van der Waals surface area contributed by atoms with Crippen LogP contribution in [0.15, 0.2) is 48.5 Å². The fourth-order valence-corrected chi connectivity index (χ4v) is 2.06. The van der Waals surface area contributed by atoms with E-state index >= 15 is 0 Å². The molecule has 0 aromatic heterocycles. The molecule has 2 rings (SSSR count). The molecule has 0 bridgehead atoms. The summed E-state index contributed by atoms with van der Waals surface area (Å²) in [5.74, 6) is -0.936. The van der Waals surface area contributed by atoms with Crippen molar-refractivity contribution in [2.75, 3.05) is 5.32 Å². The first-order valence-corrected chi connectivity index (χ1v) is 6.90. The zero-order chi connectivity index (χ0) is 15.2. The molecule has 21 heavy (non-hydrogen) atoms. The fraction of sp³-hybridized carbons (Fsp3) is 0.125. The average Bonchev–Trinajstić information content (AvgIpc) is 2.48. The number of aromatic carboxylic acids is 1. The first-order valence-electron chi connectivity index (χ1n) is 6.49. The molecule has 2 aromatic rings. The van der Waals surface area contributed by atoms with Gasteiger partial charge in [-0.05, 0) is 48.5 Å². The highest BCUT2D eigenvalue weighted by atomic mass is 32.1. The maximum atomic E-state index is 10.9. The van der Waals surface area contributed by atoms with Crippen LogP contribution < -0.4 is 10.6 Å². The zero-order valence-electron chi connectivity index (χ0n) is 11.6. The maximum absolute atomic E-state index is 10.9. The van der Waals surface area contributed by atoms with Gasteiger partial charge in [0.2, 0.25) is 0 Å². The van der Waals surface area contributed by atoms with E-state index in [2.05, 4.69) is 10.6 Å². The molecule has 0 fully saturated rings. The van der Waals surface area contributed by atoms with E-state index in [1.165, 1.54) is 0 Å². The number of anilines is 1. The Balaban J connectivity index is 1.95. The molecule has 5 heteroatoms. The van der Waals surface area contributed by atoms with Gasteiger partial charge in [-0.3, -0.25) is 0 Å². The van der Waals surface area contributed by atoms with Crippen LogP contribution in [-0.2, 0) is 6.54 Å². The number of hydrogen-bond donors (Lipinski definition) is 3. The molecule has 0 radical (unpaired) electrons. The first-order chi connectivity index (χ1) is 10.1. The minimum atomic E-state index is -0.936. The van der Waals surface area contributed by atoms with Crippen LogP contribution in [0.4, 0.5) is 5.69 Å². The summed E-state index contributed by atoms with van der Waals surface area (Å²) in [4.78, 5) is 10.9. The summed E-state index contributed by atoms with van der Waals surface area (Å²) in [6.45, 7) is 2.48. The Hall–Kier alpha value is -2.40. The van der Waals surface area contributed by atoms with Gasteiger partial charge in [-0.25, -0.2) is 4.79 Å². The lowest BCUT2D eigenvalue weighted by atomic mass is 10.1. The van der Waals surface area contributed by atoms with Crippen LogP contribution in [0.5, 0.6) is 0 Å². The van der Waals surface area contributed by atoms with Crippen molar-refractivity contribution in [2.24, 2.45) is 0 Å². The second-order valence-electron chi connectivity index (χ2n) is 4.63. The Labute approximate surface area is 128 Å². The predicted molar refractivity (Wildman–Crippen MR) is 87.6 cm³/mol. The highest BCUT2D eigenvalue weighted by Crippen LogP contribution is 2.16. The van der Waals surface area contributed by atoms with Crippen molar-refractivity contribution in [1.29, 1.82) is 0 Å². The number of carbonyl (C=O) groups is 1. The number of thiocarbonyl (C=S) groups is 1. The van der Waals surface area contributed by atoms with Crippen molar-refractivity contribution in [1.82, 2.24) is 5.32 Å². The van der Waals surface area contributed by atoms with Crippen molar-refractivity contribution in [3.63, 3.8) is 0 Å². The van der Waals surface area contributed by atoms with E-state index in [9.17, 15) is 4.79 Å². The number of aryl methyl sites for hydroxylation is 1. The molecule has 0 unspecified atom stereocenters. The standard InChI is InChI=1S/C16H16N2O2S/c1-11-9-13(15(19)20)7-8-14(11)18-16(21)17-10-12-5-3-2-4-6-12/h2-9H,10H2,1H3,(H,19,20)(H2,17,18,21). The number of rotatable bonds is 4. The van der Waals surface area contributed by atoms with Gasteiger partial charge in [0.1, 0.15) is 0 Å². The molecule has 0 saturated carbocycles. The van der Waals surface area contributed by atoms with Gasteiger partial charge < -0.3 is 15.7 Å². The summed E-state index contributed by atoms with van der Waals surface area (Å²) in [6, 6.07) is 14.8. The molecule has 0 saturated heterocycles. The summed E-state index contributed by atoms with van der Waals surface area (Å²) in [6.07, 6.45) is 0. The Bertz CT molecular complexity index is 657. The summed E-state index contributed by atoms with van der Waals surface area (Å²) >= 11 is 5.24. The fourth-order valence-electron chi connectivity index (χ4n) is 1.88. The van der Waals surface area contributed by atoms with Crippen LogP contribution >= 0.6 is 12.2 Å². The van der Waals surface area contributed by atoms with E-state index in [0.717, 1.165) is 16.8 Å². The summed E-state index contributed by atoms with van der Waals surface area (Å²) < 4.78 is 0. The van der Waals surface area contributed by atoms with Gasteiger partial charge in [-0.1, -0.05) is 30.3 Å². The van der Waals surface area contributed by atoms with Gasteiger partial charge in [0.15, 0.2) is 5.11 Å². The molecule has 0 aliphatic heterocycles. The largest absolute Gasteiger partial charge is 0.478 e. The second-order valence-corrected chi connectivity index (χ2v) is 5.04. The van der Waals surface area contributed by atoms with Gasteiger partial charge in [0, 0.05) is 12.2 Å². The highest BCUT2D eigenvalue weighted by molar-refractivity contribution is 7.80. The number of benzene rings is 2. The average molecular weight is 300 g/mol. The molecule has 108 valence electrons. The normalized spacial score (nSPS) is 9.95. The second kappa shape index (κ2) is 6.85. The van der Waals surface area contributed by atoms with Crippen LogP contribution in [0, 0.1) is 6.92 Å². The van der Waals surface area contributed by atoms with E-state index < -0.39 is 5.97 Å². The minimum Gasteiger partial charge on any atom is -0.478 e. The van der Waals surface area contributed by atoms with Crippen LogP contribution in [-0.4, -0.2) is 16.2 Å². The van der Waals surface area contributed by atoms with Crippen LogP contribution in [0.25, 0.3) is 0 Å². The Kier molecular flexibility index (Phi) is 4.90. The van der Waals surface area contributed by atoms with E-state index in [1.807, 2.05) is 37.3 Å². The lowest BCUT2D eigenvalue weighted by Crippen LogP contribution is -2.28. The zero-order valence-corrected chi connectivity index (χ0v) is 12.4. The number of carboxylic acid groups (broad SMARTS) is 1. The van der Waals surface area contributed by atoms with Crippen molar-refractivity contribution in [3.8, 4) is 0 Å². The van der Waals surface area contributed by atoms with Crippen molar-refractivity contribution in [2.45, 2.75) is 13.5 Å². The summed E-state index contributed by atoms with van der Waals surface area (Å²) in [7, 11) is 0. The van der Waals surface area contributed by atoms with Gasteiger partial charge in [0.25, 0.3) is 0 Å². The van der Waals surface area contributed by atoms with Crippen molar-refractivity contribution < 1.29 is 9.90 Å². The van der Waals surface area contributed by atoms with Gasteiger partial charge in [-0.15, -0.1) is 0 Å². The smallest absolute Gasteiger partial charge is 0.335 e. The van der Waals surface area contributed by atoms with Gasteiger partial charge >= 0.3 is 5.97 Å². The number of nitrogens with one attached hydrogen (secondary N) is 2. The van der Waals surface area contributed by atoms with Gasteiger partial charge in [-0.2, -0.15) is 0 Å². The SMILES string of the molecule is Cc1cc(C(=O)O)ccc1NC(=S)NCc1ccccc1. The highest BCUT2D eigenvalue weighted by Gasteiger charge is 2.06. The predicted octanol–water partition coefficient (Wildman–Crippen LogP) is 3.18. The maximum Gasteiger partial charge on any atom is 0.335 e. The lowest BCUT2D eigenvalue weighted by molar-refractivity contribution is 0.0697. The third-order valence-corrected chi connectivity index (χ3v) is 3.26. The Morgan fingerprint density at radius 2 is 1.90 bits per heavy atom. The lowest BCUT2D eigenvalue weighted by Gasteiger charge is -2.13. The molecule has 3 N–H and O–H groups in total. The molecule has 0 aliphatic rings. The van der Waals surface area contributed by atoms with Crippen LogP contribution in [0.2, 0.25) is 0 Å². The third kappa shape index (κ3) is 4.29. The van der Waals surface area contributed by atoms with Crippen molar-refractivity contribution >= 4 is 29.0 Å². The van der Waals surface area contributed by atoms with E-state index in [1.54, 1.807) is 18.2 Å². The monoisotopic (exact) mass is 300 g/mol. The van der Waals surface area contributed by atoms with E-state index in [4.69, 9.17) is 17.3 Å². The molecule has 0 spiro atoms. The molecule has 4 nitrogen and oxygen atoms in total. The van der Waals surface area contributed by atoms with Crippen LogP contribution in [0.1, 0.15) is 21.5 Å². The molecule has 0 heterocycles. The quantitative estimate of drug-likeness (QED) is 0.757. The Morgan fingerprint density at radius 1 is 1.19 bits per heavy atom. The van der Waals surface area contributed by atoms with Crippen molar-refractivity contribution in [3.05, 3.63) is 65.2 Å². The van der Waals surface area contributed by atoms with Crippen LogP contribution in [0.3, 0.4) is 0 Å². The van der Waals surface area contributed by atoms with Gasteiger partial charge in [0.05, 0.1) is 5.56 Å². The van der Waals surface area contributed by atoms with E-state index in [0.29, 0.717) is 11.7 Å². The molecule has 0 aliphatic carbocycles. The molecular weight excluding hydrogens is 284 g/mol. The summed E-state index contributed by atoms with van der Waals surface area (Å²) in [5.41, 5.74) is 3.03. The topological polar surface area (TPSA) is 61.4 Å². The van der Waals surface area contributed by atoms with E-state index in [-0.39, 0.29) is 5.56 Å². The summed E-state index contributed by atoms with van der Waals surface area (Å²) in [5, 5.41) is 15.6. The molecule has 0 atom stereocenters. The Morgan fingerprint density at radius 3 is 2.52 bits per heavy atom. The number of hydrogen-bond acceptors (Lipinski definition) is 2. The third-order valence-electron chi connectivity index (χ3n) is 3.02. The molecular formula is C16H16N2O2S. The first kappa shape index (κ1) is 15.0. The number of carboxylic acids is 1. The molecule has 0 amide bonds.